The van der Waals surface area contributed by atoms with Crippen molar-refractivity contribution in [3.63, 3.8) is 0 Å². The van der Waals surface area contributed by atoms with Gasteiger partial charge in [-0.1, -0.05) is 133 Å². The Labute approximate surface area is 350 Å². The number of hydrogen-bond acceptors (Lipinski definition) is 3. The van der Waals surface area contributed by atoms with Gasteiger partial charge in [0.1, 0.15) is 5.58 Å². The first kappa shape index (κ1) is 40.1. The summed E-state index contributed by atoms with van der Waals surface area (Å²) in [6.45, 7) is 32.3. The standard InChI is InChI=1S/C54H65BN2O/c1-33(2)37-19-22-40(23-20-37)57-47-29-34(3)28-46-50(47)55(49-43-30-38(54(12,13)14)21-24-48(43)58-51(49)57)44-31-41-35(4)17-18-36(5)42(41)32-45(44)56(46)39(25-27-53(9,10)11)16-15-26-52(6,7)8/h15-16,19-33,35-36H,17-18H2,1-14H3/b26-15+,27-25+,39-16+. The fourth-order valence-corrected chi connectivity index (χ4v) is 9.38. The van der Waals surface area contributed by atoms with E-state index in [2.05, 4.69) is 204 Å². The Morgan fingerprint density at radius 1 is 0.741 bits per heavy atom. The first-order valence-corrected chi connectivity index (χ1v) is 21.9. The molecule has 1 aliphatic carbocycles. The van der Waals surface area contributed by atoms with Gasteiger partial charge in [0.25, 0.3) is 6.71 Å². The molecule has 0 fully saturated rings. The Morgan fingerprint density at radius 3 is 2.00 bits per heavy atom. The SMILES string of the molecule is Cc1cc2c3c(c1)N(c1ccc(C(C)C)cc1)c1oc4ccc(C(C)(C)C)cc4c1B3c1cc3c(cc1N2C(/C=C/C(C)(C)C)=C/C=C/C(C)(C)C)C(C)CCC3C. The number of nitrogens with zero attached hydrogens (tertiary/aromatic N) is 2. The predicted molar refractivity (Wildman–Crippen MR) is 253 cm³/mol. The van der Waals surface area contributed by atoms with Crippen LogP contribution in [0.15, 0.2) is 107 Å². The molecule has 5 aromatic rings. The van der Waals surface area contributed by atoms with Gasteiger partial charge in [0.15, 0.2) is 0 Å². The zero-order chi connectivity index (χ0) is 41.6. The summed E-state index contributed by atoms with van der Waals surface area (Å²) in [6.07, 6.45) is 14.1. The van der Waals surface area contributed by atoms with Crippen LogP contribution < -0.4 is 26.2 Å². The van der Waals surface area contributed by atoms with E-state index >= 15 is 0 Å². The van der Waals surface area contributed by atoms with E-state index in [1.54, 1.807) is 0 Å². The van der Waals surface area contributed by atoms with Crippen LogP contribution in [-0.2, 0) is 5.41 Å². The molecule has 8 rings (SSSR count). The maximum Gasteiger partial charge on any atom is 0.257 e. The molecular formula is C54H65BN2O. The average Bonchev–Trinajstić information content (AvgIpc) is 3.51. The van der Waals surface area contributed by atoms with Crippen molar-refractivity contribution in [3.05, 3.63) is 131 Å². The molecule has 0 radical (unpaired) electrons. The Morgan fingerprint density at radius 2 is 1.38 bits per heavy atom. The Hall–Kier alpha value is -4.70. The number of benzene rings is 4. The van der Waals surface area contributed by atoms with E-state index in [1.165, 1.54) is 85.2 Å². The topological polar surface area (TPSA) is 19.6 Å². The number of anilines is 5. The highest BCUT2D eigenvalue weighted by Crippen LogP contribution is 2.48. The third kappa shape index (κ3) is 7.20. The molecule has 0 N–H and O–H groups in total. The lowest BCUT2D eigenvalue weighted by Crippen LogP contribution is -2.61. The van der Waals surface area contributed by atoms with Crippen LogP contribution in [0.4, 0.5) is 28.6 Å². The molecule has 3 aliphatic rings. The van der Waals surface area contributed by atoms with Gasteiger partial charge in [0, 0.05) is 39.3 Å². The molecule has 3 heterocycles. The molecule has 300 valence electrons. The number of furan rings is 1. The van der Waals surface area contributed by atoms with E-state index in [1.807, 2.05) is 0 Å². The van der Waals surface area contributed by atoms with Crippen molar-refractivity contribution >= 4 is 62.7 Å². The lowest BCUT2D eigenvalue weighted by molar-refractivity contribution is 0.528. The lowest BCUT2D eigenvalue weighted by atomic mass is 9.33. The van der Waals surface area contributed by atoms with Crippen molar-refractivity contribution in [2.75, 3.05) is 9.80 Å². The molecule has 4 heteroatoms. The number of hydrogen-bond donors (Lipinski definition) is 0. The summed E-state index contributed by atoms with van der Waals surface area (Å²) in [5.41, 5.74) is 17.9. The van der Waals surface area contributed by atoms with Gasteiger partial charge in [-0.25, -0.2) is 0 Å². The molecule has 2 aliphatic heterocycles. The Balaban J connectivity index is 1.51. The van der Waals surface area contributed by atoms with Crippen molar-refractivity contribution in [1.82, 2.24) is 0 Å². The van der Waals surface area contributed by atoms with Crippen LogP contribution in [0.5, 0.6) is 0 Å². The summed E-state index contributed by atoms with van der Waals surface area (Å²) in [7, 11) is 0. The first-order valence-electron chi connectivity index (χ1n) is 21.9. The molecular weight excluding hydrogens is 703 g/mol. The maximum atomic E-state index is 7.18. The molecule has 0 amide bonds. The van der Waals surface area contributed by atoms with Crippen LogP contribution in [0.3, 0.4) is 0 Å². The third-order valence-corrected chi connectivity index (χ3v) is 12.7. The van der Waals surface area contributed by atoms with Gasteiger partial charge in [-0.05, 0) is 147 Å². The minimum absolute atomic E-state index is 0.00807. The van der Waals surface area contributed by atoms with Crippen LogP contribution in [0.1, 0.15) is 148 Å². The van der Waals surface area contributed by atoms with Crippen molar-refractivity contribution < 1.29 is 4.42 Å². The summed E-state index contributed by atoms with van der Waals surface area (Å²) in [4.78, 5) is 5.03. The number of fused-ring (bicyclic) bond motifs is 7. The smallest absolute Gasteiger partial charge is 0.257 e. The van der Waals surface area contributed by atoms with E-state index in [4.69, 9.17) is 4.42 Å². The van der Waals surface area contributed by atoms with Crippen molar-refractivity contribution in [2.24, 2.45) is 10.8 Å². The molecule has 2 atom stereocenters. The van der Waals surface area contributed by atoms with Crippen molar-refractivity contribution in [2.45, 2.75) is 133 Å². The van der Waals surface area contributed by atoms with Crippen LogP contribution in [0.2, 0.25) is 0 Å². The summed E-state index contributed by atoms with van der Waals surface area (Å²) in [5, 5.41) is 1.21. The van der Waals surface area contributed by atoms with E-state index in [0.29, 0.717) is 17.8 Å². The minimum atomic E-state index is -0.0119. The number of rotatable bonds is 5. The molecule has 4 aromatic carbocycles. The van der Waals surface area contributed by atoms with Crippen LogP contribution >= 0.6 is 0 Å². The summed E-state index contributed by atoms with van der Waals surface area (Å²) >= 11 is 0. The van der Waals surface area contributed by atoms with E-state index in [-0.39, 0.29) is 23.0 Å². The zero-order valence-corrected chi connectivity index (χ0v) is 37.8. The van der Waals surface area contributed by atoms with Crippen molar-refractivity contribution in [3.8, 4) is 0 Å². The number of allylic oxidation sites excluding steroid dienone is 5. The van der Waals surface area contributed by atoms with Gasteiger partial charge in [-0.2, -0.15) is 0 Å². The molecule has 3 nitrogen and oxygen atoms in total. The largest absolute Gasteiger partial charge is 0.440 e. The molecule has 0 spiro atoms. The first-order chi connectivity index (χ1) is 27.2. The Kier molecular flexibility index (Phi) is 9.85. The van der Waals surface area contributed by atoms with Gasteiger partial charge < -0.3 is 9.32 Å². The van der Waals surface area contributed by atoms with Gasteiger partial charge >= 0.3 is 0 Å². The summed E-state index contributed by atoms with van der Waals surface area (Å²) in [5.74, 6) is 2.38. The van der Waals surface area contributed by atoms with E-state index < -0.39 is 0 Å². The van der Waals surface area contributed by atoms with E-state index in [9.17, 15) is 0 Å². The fourth-order valence-electron chi connectivity index (χ4n) is 9.38. The minimum Gasteiger partial charge on any atom is -0.440 e. The molecule has 1 aromatic heterocycles. The van der Waals surface area contributed by atoms with Gasteiger partial charge in [0.2, 0.25) is 5.88 Å². The summed E-state index contributed by atoms with van der Waals surface area (Å²) < 4.78 is 7.18. The summed E-state index contributed by atoms with van der Waals surface area (Å²) in [6, 6.07) is 26.2. The quantitative estimate of drug-likeness (QED) is 0.129. The predicted octanol–water partition coefficient (Wildman–Crippen LogP) is 14.0. The zero-order valence-electron chi connectivity index (χ0n) is 37.8. The molecule has 2 unspecified atom stereocenters. The van der Waals surface area contributed by atoms with Crippen LogP contribution in [0.25, 0.3) is 11.0 Å². The van der Waals surface area contributed by atoms with Gasteiger partial charge in [-0.15, -0.1) is 0 Å². The molecule has 0 saturated heterocycles. The number of aryl methyl sites for hydroxylation is 1. The van der Waals surface area contributed by atoms with Gasteiger partial charge in [0.05, 0.1) is 0 Å². The molecule has 0 saturated carbocycles. The molecule has 58 heavy (non-hydrogen) atoms. The monoisotopic (exact) mass is 769 g/mol. The second-order valence-electron chi connectivity index (χ2n) is 21.3. The average molecular weight is 769 g/mol. The highest BCUT2D eigenvalue weighted by Gasteiger charge is 2.47. The second-order valence-corrected chi connectivity index (χ2v) is 21.3. The van der Waals surface area contributed by atoms with Crippen LogP contribution in [-0.4, -0.2) is 6.71 Å². The fraction of sp³-hybridized carbons (Fsp3) is 0.407. The molecule has 0 bridgehead atoms. The highest BCUT2D eigenvalue weighted by molar-refractivity contribution is 7.01. The third-order valence-electron chi connectivity index (χ3n) is 12.7. The van der Waals surface area contributed by atoms with Crippen molar-refractivity contribution in [1.29, 1.82) is 0 Å². The normalized spacial score (nSPS) is 18.4. The Bertz CT molecular complexity index is 2490. The maximum absolute atomic E-state index is 7.18. The second kappa shape index (κ2) is 14.2. The van der Waals surface area contributed by atoms with Gasteiger partial charge in [-0.3, -0.25) is 4.90 Å². The lowest BCUT2D eigenvalue weighted by Gasteiger charge is -2.44. The van der Waals surface area contributed by atoms with E-state index in [0.717, 1.165) is 17.2 Å². The van der Waals surface area contributed by atoms with Crippen LogP contribution in [0, 0.1) is 17.8 Å². The highest BCUT2D eigenvalue weighted by atomic mass is 16.4.